The van der Waals surface area contributed by atoms with E-state index in [1.807, 2.05) is 0 Å². The first kappa shape index (κ1) is 7.16. The summed E-state index contributed by atoms with van der Waals surface area (Å²) in [7, 11) is 1.59. The van der Waals surface area contributed by atoms with Gasteiger partial charge < -0.3 is 10.1 Å². The lowest BCUT2D eigenvalue weighted by Gasteiger charge is -2.01. The van der Waals surface area contributed by atoms with Gasteiger partial charge in [-0.3, -0.25) is 4.79 Å². The molecule has 1 aromatic carbocycles. The van der Waals surface area contributed by atoms with Crippen LogP contribution in [0.25, 0.3) is 0 Å². The summed E-state index contributed by atoms with van der Waals surface area (Å²) in [5, 5.41) is 2.64. The maximum Gasteiger partial charge on any atom is 0.238 e. The summed E-state index contributed by atoms with van der Waals surface area (Å²) in [5.41, 5.74) is 1.56. The number of amides is 1. The molecular weight excluding hydrogens is 154 g/mol. The number of methoxy groups -OCH3 is 1. The molecule has 0 saturated carbocycles. The van der Waals surface area contributed by atoms with E-state index in [2.05, 4.69) is 11.7 Å². The van der Waals surface area contributed by atoms with Gasteiger partial charge in [-0.15, -0.1) is 0 Å². The van der Waals surface area contributed by atoms with Gasteiger partial charge in [-0.1, -0.05) is 0 Å². The molecule has 0 saturated heterocycles. The summed E-state index contributed by atoms with van der Waals surface area (Å²) in [6.45, 7) is 0. The summed E-state index contributed by atoms with van der Waals surface area (Å²) >= 11 is 0. The van der Waals surface area contributed by atoms with Gasteiger partial charge in [0.15, 0.2) is 0 Å². The highest BCUT2D eigenvalue weighted by molar-refractivity contribution is 6.06. The topological polar surface area (TPSA) is 38.3 Å². The highest BCUT2D eigenvalue weighted by Gasteiger charge is 2.18. The average Bonchev–Trinajstić information content (AvgIpc) is 2.43. The fraction of sp³-hybridized carbons (Fsp3) is 0.111. The van der Waals surface area contributed by atoms with E-state index in [-0.39, 0.29) is 5.91 Å². The highest BCUT2D eigenvalue weighted by Crippen LogP contribution is 2.27. The summed E-state index contributed by atoms with van der Waals surface area (Å²) in [6.07, 6.45) is 2.64. The van der Waals surface area contributed by atoms with Crippen molar-refractivity contribution in [3.8, 4) is 5.75 Å². The molecule has 60 valence electrons. The van der Waals surface area contributed by atoms with Crippen LogP contribution >= 0.6 is 0 Å². The fourth-order valence-corrected chi connectivity index (χ4v) is 1.14. The zero-order valence-corrected chi connectivity index (χ0v) is 6.55. The number of hydrogen-bond acceptors (Lipinski definition) is 2. The van der Waals surface area contributed by atoms with Crippen LogP contribution in [0, 0.1) is 6.42 Å². The van der Waals surface area contributed by atoms with Crippen LogP contribution in [0.3, 0.4) is 0 Å². The molecule has 1 aliphatic heterocycles. The number of carbonyl (C=O) groups is 1. The van der Waals surface area contributed by atoms with E-state index < -0.39 is 0 Å². The molecule has 0 fully saturated rings. The average molecular weight is 161 g/mol. The Hall–Kier alpha value is -1.51. The molecule has 1 amide bonds. The Labute approximate surface area is 70.3 Å². The molecule has 2 rings (SSSR count). The second-order valence-corrected chi connectivity index (χ2v) is 2.49. The van der Waals surface area contributed by atoms with Crippen molar-refractivity contribution in [2.45, 2.75) is 0 Å². The summed E-state index contributed by atoms with van der Waals surface area (Å²) < 4.78 is 5.00. The van der Waals surface area contributed by atoms with Gasteiger partial charge in [0.1, 0.15) is 12.2 Å². The third-order valence-electron chi connectivity index (χ3n) is 1.72. The molecular formula is C9H7NO2. The molecule has 0 aromatic heterocycles. The largest absolute Gasteiger partial charge is 0.497 e. The van der Waals surface area contributed by atoms with Crippen LogP contribution in [0.5, 0.6) is 5.75 Å². The maximum atomic E-state index is 10.8. The van der Waals surface area contributed by atoms with Crippen molar-refractivity contribution in [1.29, 1.82) is 0 Å². The molecule has 0 aliphatic carbocycles. The first-order valence-electron chi connectivity index (χ1n) is 3.55. The third-order valence-corrected chi connectivity index (χ3v) is 1.72. The lowest BCUT2D eigenvalue weighted by Crippen LogP contribution is -2.01. The fourth-order valence-electron chi connectivity index (χ4n) is 1.14. The number of ether oxygens (including phenoxy) is 1. The van der Waals surface area contributed by atoms with E-state index >= 15 is 0 Å². The zero-order chi connectivity index (χ0) is 8.55. The quantitative estimate of drug-likeness (QED) is 0.669. The summed E-state index contributed by atoms with van der Waals surface area (Å²) in [4.78, 5) is 10.8. The molecule has 1 N–H and O–H groups in total. The molecule has 2 radical (unpaired) electrons. The van der Waals surface area contributed by atoms with E-state index in [9.17, 15) is 4.79 Å². The molecule has 1 aromatic rings. The van der Waals surface area contributed by atoms with Crippen molar-refractivity contribution in [2.75, 3.05) is 12.4 Å². The minimum Gasteiger partial charge on any atom is -0.497 e. The molecule has 3 nitrogen and oxygen atoms in total. The van der Waals surface area contributed by atoms with E-state index in [1.54, 1.807) is 25.3 Å². The van der Waals surface area contributed by atoms with Gasteiger partial charge in [0.2, 0.25) is 5.91 Å². The number of anilines is 1. The molecule has 12 heavy (non-hydrogen) atoms. The van der Waals surface area contributed by atoms with Crippen LogP contribution in [-0.2, 0) is 4.79 Å². The smallest absolute Gasteiger partial charge is 0.238 e. The normalized spacial score (nSPS) is 13.9. The zero-order valence-electron chi connectivity index (χ0n) is 6.55. The van der Waals surface area contributed by atoms with Gasteiger partial charge >= 0.3 is 0 Å². The van der Waals surface area contributed by atoms with Crippen LogP contribution in [0.1, 0.15) is 5.56 Å². The van der Waals surface area contributed by atoms with Crippen molar-refractivity contribution in [1.82, 2.24) is 0 Å². The van der Waals surface area contributed by atoms with Gasteiger partial charge in [0.25, 0.3) is 0 Å². The van der Waals surface area contributed by atoms with Crippen LogP contribution < -0.4 is 10.1 Å². The van der Waals surface area contributed by atoms with Crippen molar-refractivity contribution in [2.24, 2.45) is 0 Å². The lowest BCUT2D eigenvalue weighted by atomic mass is 10.1. The minimum atomic E-state index is -0.196. The van der Waals surface area contributed by atoms with E-state index in [0.717, 1.165) is 17.0 Å². The first-order valence-corrected chi connectivity index (χ1v) is 3.55. The van der Waals surface area contributed by atoms with Gasteiger partial charge in [-0.2, -0.15) is 0 Å². The second kappa shape index (κ2) is 2.52. The first-order chi connectivity index (χ1) is 5.79. The molecule has 0 spiro atoms. The predicted octanol–water partition coefficient (Wildman–Crippen LogP) is 1.08. The molecule has 0 atom stereocenters. The van der Waals surface area contributed by atoms with Crippen molar-refractivity contribution < 1.29 is 9.53 Å². The van der Waals surface area contributed by atoms with Crippen LogP contribution in [0.4, 0.5) is 5.69 Å². The molecule has 1 heterocycles. The standard InChI is InChI=1S/C9H7NO2/c1-12-7-2-3-8-6(4-7)5-9(11)10-8/h2-4H,1H3,(H,10,11). The second-order valence-electron chi connectivity index (χ2n) is 2.49. The van der Waals surface area contributed by atoms with Crippen LogP contribution in [-0.4, -0.2) is 13.0 Å². The number of hydrogen-bond donors (Lipinski definition) is 1. The van der Waals surface area contributed by atoms with Crippen molar-refractivity contribution >= 4 is 11.6 Å². The van der Waals surface area contributed by atoms with Gasteiger partial charge in [0.05, 0.1) is 7.11 Å². The van der Waals surface area contributed by atoms with Crippen molar-refractivity contribution in [3.05, 3.63) is 30.2 Å². The number of carbonyl (C=O) groups excluding carboxylic acids is 1. The molecule has 0 bridgehead atoms. The lowest BCUT2D eigenvalue weighted by molar-refractivity contribution is -0.112. The van der Waals surface area contributed by atoms with Gasteiger partial charge in [0, 0.05) is 5.69 Å². The molecule has 0 unspecified atom stereocenters. The Bertz CT molecular complexity index is 333. The summed E-state index contributed by atoms with van der Waals surface area (Å²) in [6, 6.07) is 5.37. The Morgan fingerprint density at radius 3 is 3.08 bits per heavy atom. The van der Waals surface area contributed by atoms with Gasteiger partial charge in [-0.25, -0.2) is 0 Å². The number of nitrogens with one attached hydrogen (secondary N) is 1. The Balaban J connectivity index is 2.41. The SMILES string of the molecule is COc1ccc2c(c1)[C]C(=O)N2. The molecule has 3 heteroatoms. The minimum absolute atomic E-state index is 0.196. The van der Waals surface area contributed by atoms with E-state index in [1.165, 1.54) is 0 Å². The third kappa shape index (κ3) is 1.03. The Morgan fingerprint density at radius 1 is 1.50 bits per heavy atom. The predicted molar refractivity (Wildman–Crippen MR) is 44.0 cm³/mol. The highest BCUT2D eigenvalue weighted by atomic mass is 16.5. The monoisotopic (exact) mass is 161 g/mol. The number of rotatable bonds is 1. The van der Waals surface area contributed by atoms with Crippen LogP contribution in [0.2, 0.25) is 0 Å². The van der Waals surface area contributed by atoms with E-state index in [4.69, 9.17) is 4.74 Å². The maximum absolute atomic E-state index is 10.8. The molecule has 1 aliphatic rings. The van der Waals surface area contributed by atoms with Crippen molar-refractivity contribution in [3.63, 3.8) is 0 Å². The van der Waals surface area contributed by atoms with E-state index in [0.29, 0.717) is 0 Å². The van der Waals surface area contributed by atoms with Crippen LogP contribution in [0.15, 0.2) is 18.2 Å². The Kier molecular flexibility index (Phi) is 1.50. The Morgan fingerprint density at radius 2 is 2.33 bits per heavy atom. The van der Waals surface area contributed by atoms with Gasteiger partial charge in [-0.05, 0) is 23.8 Å². The number of fused-ring (bicyclic) bond motifs is 1. The number of benzene rings is 1. The summed E-state index contributed by atoms with van der Waals surface area (Å²) in [5.74, 6) is 0.538.